The molecule has 0 radical (unpaired) electrons. The number of pyridine rings is 1. The van der Waals surface area contributed by atoms with Crippen LogP contribution in [0.1, 0.15) is 5.56 Å². The van der Waals surface area contributed by atoms with Crippen LogP contribution in [0.4, 0.5) is 0 Å². The van der Waals surface area contributed by atoms with Crippen molar-refractivity contribution in [3.8, 4) is 11.3 Å². The van der Waals surface area contributed by atoms with Gasteiger partial charge in [0.1, 0.15) is 0 Å². The van der Waals surface area contributed by atoms with Crippen molar-refractivity contribution in [1.29, 1.82) is 0 Å². The quantitative estimate of drug-likeness (QED) is 0.796. The molecule has 4 nitrogen and oxygen atoms in total. The van der Waals surface area contributed by atoms with E-state index in [0.29, 0.717) is 16.8 Å². The first-order valence-corrected chi connectivity index (χ1v) is 4.44. The van der Waals surface area contributed by atoms with E-state index in [0.717, 1.165) is 0 Å². The summed E-state index contributed by atoms with van der Waals surface area (Å²) >= 11 is 0. The fourth-order valence-corrected chi connectivity index (χ4v) is 1.34. The zero-order chi connectivity index (χ0) is 10.7. The van der Waals surface area contributed by atoms with E-state index in [1.54, 1.807) is 12.4 Å². The Labute approximate surface area is 86.3 Å². The summed E-state index contributed by atoms with van der Waals surface area (Å²) < 4.78 is 0. The first-order chi connectivity index (χ1) is 7.33. The zero-order valence-corrected chi connectivity index (χ0v) is 7.97. The summed E-state index contributed by atoms with van der Waals surface area (Å²) in [5.41, 5.74) is 1.64. The van der Waals surface area contributed by atoms with Crippen LogP contribution >= 0.6 is 0 Å². The van der Waals surface area contributed by atoms with Gasteiger partial charge in [-0.05, 0) is 12.1 Å². The Hall–Kier alpha value is -2.23. The molecule has 0 unspecified atom stereocenters. The fraction of sp³-hybridized carbons (Fsp3) is 0. The van der Waals surface area contributed by atoms with E-state index in [9.17, 15) is 4.79 Å². The number of H-pyrrole nitrogens is 1. The molecule has 0 aromatic carbocycles. The smallest absolute Gasteiger partial charge is 0.267 e. The lowest BCUT2D eigenvalue weighted by Crippen LogP contribution is -2.12. The lowest BCUT2D eigenvalue weighted by Gasteiger charge is -2.02. The van der Waals surface area contributed by atoms with E-state index >= 15 is 0 Å². The first-order valence-electron chi connectivity index (χ1n) is 4.44. The molecule has 0 aliphatic carbocycles. The van der Waals surface area contributed by atoms with Crippen LogP contribution in [-0.2, 0) is 0 Å². The maximum atomic E-state index is 11.4. The zero-order valence-electron chi connectivity index (χ0n) is 7.97. The van der Waals surface area contributed by atoms with Crippen molar-refractivity contribution < 1.29 is 0 Å². The molecule has 1 N–H and O–H groups in total. The van der Waals surface area contributed by atoms with E-state index in [4.69, 9.17) is 0 Å². The van der Waals surface area contributed by atoms with Crippen molar-refractivity contribution >= 4 is 6.08 Å². The van der Waals surface area contributed by atoms with Crippen molar-refractivity contribution in [2.24, 2.45) is 0 Å². The predicted octanol–water partition coefficient (Wildman–Crippen LogP) is 1.47. The molecule has 74 valence electrons. The van der Waals surface area contributed by atoms with Crippen LogP contribution in [0, 0.1) is 0 Å². The molecular formula is C11H9N3O. The van der Waals surface area contributed by atoms with Gasteiger partial charge in [0.05, 0.1) is 17.5 Å². The summed E-state index contributed by atoms with van der Waals surface area (Å²) in [7, 11) is 0. The number of aromatic amines is 1. The van der Waals surface area contributed by atoms with E-state index in [1.807, 2.05) is 18.2 Å². The van der Waals surface area contributed by atoms with Crippen LogP contribution in [-0.4, -0.2) is 15.2 Å². The average Bonchev–Trinajstić information content (AvgIpc) is 2.30. The number of nitrogens with zero attached hydrogens (tertiary/aromatic N) is 2. The Morgan fingerprint density at radius 3 is 2.93 bits per heavy atom. The van der Waals surface area contributed by atoms with Crippen molar-refractivity contribution in [2.75, 3.05) is 0 Å². The summed E-state index contributed by atoms with van der Waals surface area (Å²) in [4.78, 5) is 15.6. The summed E-state index contributed by atoms with van der Waals surface area (Å²) in [6.07, 6.45) is 4.74. The SMILES string of the molecule is C=Cc1c(-c2ccccn2)cn[nH]c1=O. The minimum atomic E-state index is -0.256. The normalized spacial score (nSPS) is 9.87. The van der Waals surface area contributed by atoms with Gasteiger partial charge in [-0.2, -0.15) is 5.10 Å². The Morgan fingerprint density at radius 1 is 1.40 bits per heavy atom. The van der Waals surface area contributed by atoms with Crippen LogP contribution in [0.2, 0.25) is 0 Å². The van der Waals surface area contributed by atoms with Crippen molar-refractivity contribution in [3.05, 3.63) is 53.1 Å². The molecule has 4 heteroatoms. The predicted molar refractivity (Wildman–Crippen MR) is 58.2 cm³/mol. The molecule has 2 aromatic rings. The number of aromatic nitrogens is 3. The molecule has 2 aromatic heterocycles. The topological polar surface area (TPSA) is 58.6 Å². The summed E-state index contributed by atoms with van der Waals surface area (Å²) in [6.45, 7) is 3.60. The highest BCUT2D eigenvalue weighted by Gasteiger charge is 2.06. The summed E-state index contributed by atoms with van der Waals surface area (Å²) in [5.74, 6) is 0. The van der Waals surface area contributed by atoms with E-state index in [2.05, 4.69) is 21.8 Å². The van der Waals surface area contributed by atoms with Gasteiger partial charge >= 0.3 is 0 Å². The van der Waals surface area contributed by atoms with Crippen LogP contribution < -0.4 is 5.56 Å². The van der Waals surface area contributed by atoms with E-state index < -0.39 is 0 Å². The third kappa shape index (κ3) is 1.69. The fourth-order valence-electron chi connectivity index (χ4n) is 1.34. The molecule has 0 bridgehead atoms. The monoisotopic (exact) mass is 199 g/mol. The average molecular weight is 199 g/mol. The number of rotatable bonds is 2. The molecular weight excluding hydrogens is 190 g/mol. The summed E-state index contributed by atoms with van der Waals surface area (Å²) in [5, 5.41) is 6.10. The molecule has 0 spiro atoms. The second-order valence-corrected chi connectivity index (χ2v) is 2.95. The Bertz CT molecular complexity index is 531. The standard InChI is InChI=1S/C11H9N3O/c1-2-8-9(7-13-14-11(8)15)10-5-3-4-6-12-10/h2-7H,1H2,(H,14,15). The molecule has 0 atom stereocenters. The summed E-state index contributed by atoms with van der Waals surface area (Å²) in [6, 6.07) is 5.50. The molecule has 0 aliphatic heterocycles. The van der Waals surface area contributed by atoms with Crippen molar-refractivity contribution in [1.82, 2.24) is 15.2 Å². The number of nitrogens with one attached hydrogen (secondary N) is 1. The molecule has 0 saturated carbocycles. The highest BCUT2D eigenvalue weighted by atomic mass is 16.1. The van der Waals surface area contributed by atoms with Gasteiger partial charge in [0.2, 0.25) is 0 Å². The molecule has 15 heavy (non-hydrogen) atoms. The van der Waals surface area contributed by atoms with E-state index in [1.165, 1.54) is 6.08 Å². The largest absolute Gasteiger partial charge is 0.272 e. The van der Waals surface area contributed by atoms with Gasteiger partial charge in [-0.15, -0.1) is 0 Å². The minimum Gasteiger partial charge on any atom is -0.267 e. The Balaban J connectivity index is 2.69. The van der Waals surface area contributed by atoms with Gasteiger partial charge < -0.3 is 0 Å². The minimum absolute atomic E-state index is 0.256. The van der Waals surface area contributed by atoms with Gasteiger partial charge in [-0.1, -0.05) is 18.7 Å². The van der Waals surface area contributed by atoms with Gasteiger partial charge in [0, 0.05) is 11.8 Å². The van der Waals surface area contributed by atoms with Gasteiger partial charge in [-0.3, -0.25) is 9.78 Å². The number of hydrogen-bond acceptors (Lipinski definition) is 3. The molecule has 0 fully saturated rings. The van der Waals surface area contributed by atoms with Crippen LogP contribution in [0.5, 0.6) is 0 Å². The second kappa shape index (κ2) is 3.88. The highest BCUT2D eigenvalue weighted by Crippen LogP contribution is 2.17. The van der Waals surface area contributed by atoms with Crippen LogP contribution in [0.15, 0.2) is 42.0 Å². The third-order valence-corrected chi connectivity index (χ3v) is 2.04. The molecule has 0 aliphatic rings. The highest BCUT2D eigenvalue weighted by molar-refractivity contribution is 5.70. The molecule has 2 heterocycles. The lowest BCUT2D eigenvalue weighted by atomic mass is 10.1. The third-order valence-electron chi connectivity index (χ3n) is 2.04. The molecule has 0 saturated heterocycles. The van der Waals surface area contributed by atoms with Gasteiger partial charge in [0.25, 0.3) is 5.56 Å². The first kappa shape index (κ1) is 9.33. The van der Waals surface area contributed by atoms with Crippen molar-refractivity contribution in [3.63, 3.8) is 0 Å². The Morgan fingerprint density at radius 2 is 2.27 bits per heavy atom. The number of hydrogen-bond donors (Lipinski definition) is 1. The molecule has 0 amide bonds. The van der Waals surface area contributed by atoms with Crippen LogP contribution in [0.25, 0.3) is 17.3 Å². The maximum absolute atomic E-state index is 11.4. The maximum Gasteiger partial charge on any atom is 0.272 e. The second-order valence-electron chi connectivity index (χ2n) is 2.95. The van der Waals surface area contributed by atoms with E-state index in [-0.39, 0.29) is 5.56 Å². The van der Waals surface area contributed by atoms with Gasteiger partial charge in [0.15, 0.2) is 0 Å². The Kier molecular flexibility index (Phi) is 2.41. The van der Waals surface area contributed by atoms with Gasteiger partial charge in [-0.25, -0.2) is 5.10 Å². The molecule has 2 rings (SSSR count). The lowest BCUT2D eigenvalue weighted by molar-refractivity contribution is 0.984. The van der Waals surface area contributed by atoms with Crippen LogP contribution in [0.3, 0.4) is 0 Å². The van der Waals surface area contributed by atoms with Crippen molar-refractivity contribution in [2.45, 2.75) is 0 Å².